The highest BCUT2D eigenvalue weighted by atomic mass is 19.4. The molecule has 0 bridgehead atoms. The molecule has 0 aromatic carbocycles. The number of allylic oxidation sites excluding steroid dienone is 1. The average Bonchev–Trinajstić information content (AvgIpc) is 1.79. The van der Waals surface area contributed by atoms with E-state index >= 15 is 0 Å². The van der Waals surface area contributed by atoms with Crippen LogP contribution < -0.4 is 0 Å². The van der Waals surface area contributed by atoms with Gasteiger partial charge in [0.15, 0.2) is 0 Å². The number of ether oxygens (including phenoxy) is 1. The second-order valence-electron chi connectivity index (χ2n) is 1.37. The van der Waals surface area contributed by atoms with Crippen LogP contribution in [0.25, 0.3) is 0 Å². The van der Waals surface area contributed by atoms with E-state index in [0.717, 1.165) is 6.08 Å². The fraction of sp³-hybridized carbons (Fsp3) is 0.167. The maximum atomic E-state index is 11.2. The molecule has 0 aliphatic heterocycles. The fourth-order valence-corrected chi connectivity index (χ4v) is 0.264. The molecule has 0 saturated carbocycles. The third-order valence-electron chi connectivity index (χ3n) is 0.532. The minimum atomic E-state index is -4.95. The third-order valence-corrected chi connectivity index (χ3v) is 0.532. The molecule has 2 nitrogen and oxygen atoms in total. The summed E-state index contributed by atoms with van der Waals surface area (Å²) in [6.07, 6.45) is 0.987. The summed E-state index contributed by atoms with van der Waals surface area (Å²) in [4.78, 5) is 10.1. The molecule has 0 aliphatic carbocycles. The van der Waals surface area contributed by atoms with Gasteiger partial charge < -0.3 is 4.74 Å². The molecule has 0 amide bonds. The van der Waals surface area contributed by atoms with Crippen molar-refractivity contribution < 1.29 is 22.7 Å². The predicted molar refractivity (Wildman–Crippen MR) is 30.1 cm³/mol. The lowest BCUT2D eigenvalue weighted by molar-refractivity contribution is -0.302. The van der Waals surface area contributed by atoms with Crippen LogP contribution in [0.3, 0.4) is 0 Å². The van der Waals surface area contributed by atoms with Crippen molar-refractivity contribution in [3.05, 3.63) is 12.2 Å². The van der Waals surface area contributed by atoms with Crippen molar-refractivity contribution in [2.24, 2.45) is 0 Å². The Balaban J connectivity index is 3.92. The highest BCUT2D eigenvalue weighted by molar-refractivity contribution is 5.82. The molecule has 0 N–H and O–H groups in total. The zero-order valence-electron chi connectivity index (χ0n) is 5.18. The van der Waals surface area contributed by atoms with E-state index < -0.39 is 12.3 Å². The predicted octanol–water partition coefficient (Wildman–Crippen LogP) is 1.24. The first-order valence-electron chi connectivity index (χ1n) is 2.38. The van der Waals surface area contributed by atoms with Gasteiger partial charge in [0.1, 0.15) is 0 Å². The number of alkyl halides is 3. The zero-order chi connectivity index (χ0) is 8.91. The SMILES string of the molecule is C#CC=CC(=O)OC(F)(F)F. The molecule has 0 fully saturated rings. The van der Waals surface area contributed by atoms with Crippen LogP contribution in [0.2, 0.25) is 0 Å². The van der Waals surface area contributed by atoms with Crippen LogP contribution in [-0.4, -0.2) is 12.3 Å². The number of carbonyl (C=O) groups is 1. The summed E-state index contributed by atoms with van der Waals surface area (Å²) in [7, 11) is 0. The Hall–Kier alpha value is -1.44. The van der Waals surface area contributed by atoms with Crippen molar-refractivity contribution in [1.82, 2.24) is 0 Å². The molecular weight excluding hydrogens is 161 g/mol. The van der Waals surface area contributed by atoms with E-state index in [-0.39, 0.29) is 0 Å². The van der Waals surface area contributed by atoms with Gasteiger partial charge in [-0.1, -0.05) is 5.92 Å². The Morgan fingerprint density at radius 2 is 2.09 bits per heavy atom. The van der Waals surface area contributed by atoms with E-state index in [2.05, 4.69) is 11.2 Å². The van der Waals surface area contributed by atoms with Gasteiger partial charge in [-0.25, -0.2) is 4.79 Å². The highest BCUT2D eigenvalue weighted by Crippen LogP contribution is 2.16. The van der Waals surface area contributed by atoms with Gasteiger partial charge in [0.2, 0.25) is 0 Å². The summed E-state index contributed by atoms with van der Waals surface area (Å²) < 4.78 is 36.5. The summed E-state index contributed by atoms with van der Waals surface area (Å²) in [5.74, 6) is 0.304. The van der Waals surface area contributed by atoms with Crippen LogP contribution in [0.4, 0.5) is 13.2 Å². The van der Waals surface area contributed by atoms with Crippen LogP contribution in [-0.2, 0) is 9.53 Å². The molecule has 0 heterocycles. The molecule has 0 aromatic heterocycles. The van der Waals surface area contributed by atoms with E-state index in [4.69, 9.17) is 0 Å². The van der Waals surface area contributed by atoms with Crippen LogP contribution in [0, 0.1) is 12.3 Å². The lowest BCUT2D eigenvalue weighted by Gasteiger charge is -2.02. The number of hydrogen-bond acceptors (Lipinski definition) is 2. The van der Waals surface area contributed by atoms with Gasteiger partial charge in [-0.15, -0.1) is 19.6 Å². The monoisotopic (exact) mass is 164 g/mol. The molecule has 5 heteroatoms. The number of rotatable bonds is 1. The summed E-state index contributed by atoms with van der Waals surface area (Å²) in [6.45, 7) is 0. The van der Waals surface area contributed by atoms with Crippen LogP contribution in [0.15, 0.2) is 12.2 Å². The number of carbonyl (C=O) groups excluding carboxylic acids is 1. The highest BCUT2D eigenvalue weighted by Gasteiger charge is 2.32. The minimum absolute atomic E-state index is 0.507. The Kier molecular flexibility index (Phi) is 3.18. The van der Waals surface area contributed by atoms with Gasteiger partial charge in [0, 0.05) is 6.08 Å². The van der Waals surface area contributed by atoms with Crippen molar-refractivity contribution in [1.29, 1.82) is 0 Å². The maximum absolute atomic E-state index is 11.2. The van der Waals surface area contributed by atoms with Crippen LogP contribution in [0.5, 0.6) is 0 Å². The van der Waals surface area contributed by atoms with E-state index in [1.807, 2.05) is 5.92 Å². The van der Waals surface area contributed by atoms with Gasteiger partial charge in [0.05, 0.1) is 0 Å². The molecule has 0 rings (SSSR count). The maximum Gasteiger partial charge on any atom is 0.575 e. The summed E-state index contributed by atoms with van der Waals surface area (Å²) in [6, 6.07) is 0. The van der Waals surface area contributed by atoms with Crippen molar-refractivity contribution in [3.8, 4) is 12.3 Å². The van der Waals surface area contributed by atoms with E-state index in [1.165, 1.54) is 0 Å². The van der Waals surface area contributed by atoms with Gasteiger partial charge in [-0.05, 0) is 6.08 Å². The topological polar surface area (TPSA) is 26.3 Å². The Bertz CT molecular complexity index is 209. The number of esters is 1. The Morgan fingerprint density at radius 1 is 1.55 bits per heavy atom. The van der Waals surface area contributed by atoms with Crippen molar-refractivity contribution in [2.45, 2.75) is 6.36 Å². The first-order chi connectivity index (χ1) is 4.95. The summed E-state index contributed by atoms with van der Waals surface area (Å²) in [5.41, 5.74) is 0. The molecule has 60 valence electrons. The minimum Gasteiger partial charge on any atom is -0.370 e. The van der Waals surface area contributed by atoms with Crippen molar-refractivity contribution in [3.63, 3.8) is 0 Å². The zero-order valence-corrected chi connectivity index (χ0v) is 5.18. The first kappa shape index (κ1) is 9.56. The van der Waals surface area contributed by atoms with Gasteiger partial charge in [0.25, 0.3) is 0 Å². The van der Waals surface area contributed by atoms with Crippen molar-refractivity contribution in [2.75, 3.05) is 0 Å². The lowest BCUT2D eigenvalue weighted by Crippen LogP contribution is -2.17. The molecule has 0 atom stereocenters. The molecule has 0 aromatic rings. The van der Waals surface area contributed by atoms with Crippen molar-refractivity contribution >= 4 is 5.97 Å². The Labute approximate surface area is 60.6 Å². The smallest absolute Gasteiger partial charge is 0.370 e. The molecular formula is C6H3F3O2. The number of terminal acetylenes is 1. The number of halogens is 3. The van der Waals surface area contributed by atoms with E-state index in [9.17, 15) is 18.0 Å². The van der Waals surface area contributed by atoms with E-state index in [0.29, 0.717) is 6.08 Å². The fourth-order valence-electron chi connectivity index (χ4n) is 0.264. The average molecular weight is 164 g/mol. The van der Waals surface area contributed by atoms with Gasteiger partial charge in [-0.3, -0.25) is 0 Å². The molecule has 0 unspecified atom stereocenters. The van der Waals surface area contributed by atoms with Gasteiger partial charge >= 0.3 is 12.3 Å². The number of hydrogen-bond donors (Lipinski definition) is 0. The lowest BCUT2D eigenvalue weighted by atomic mass is 10.5. The largest absolute Gasteiger partial charge is 0.575 e. The quantitative estimate of drug-likeness (QED) is 0.331. The summed E-state index contributed by atoms with van der Waals surface area (Å²) in [5, 5.41) is 0. The Morgan fingerprint density at radius 3 is 2.45 bits per heavy atom. The second-order valence-corrected chi connectivity index (χ2v) is 1.37. The molecule has 11 heavy (non-hydrogen) atoms. The standard InChI is InChI=1S/C6H3F3O2/c1-2-3-4-5(10)11-6(7,8)9/h1,3-4H. The normalized spacial score (nSPS) is 11.1. The second kappa shape index (κ2) is 3.66. The van der Waals surface area contributed by atoms with E-state index in [1.54, 1.807) is 0 Å². The molecule has 0 aliphatic rings. The molecule has 0 spiro atoms. The third kappa shape index (κ3) is 6.45. The molecule has 0 saturated heterocycles. The van der Waals surface area contributed by atoms with Crippen LogP contribution in [0.1, 0.15) is 0 Å². The summed E-state index contributed by atoms with van der Waals surface area (Å²) >= 11 is 0. The van der Waals surface area contributed by atoms with Crippen LogP contribution >= 0.6 is 0 Å². The molecule has 0 radical (unpaired) electrons. The van der Waals surface area contributed by atoms with Gasteiger partial charge in [-0.2, -0.15) is 0 Å². The first-order valence-corrected chi connectivity index (χ1v) is 2.38.